The summed E-state index contributed by atoms with van der Waals surface area (Å²) in [5.74, 6) is -0.918. The summed E-state index contributed by atoms with van der Waals surface area (Å²) >= 11 is 0. The van der Waals surface area contributed by atoms with E-state index in [1.165, 1.54) is 0 Å². The quantitative estimate of drug-likeness (QED) is 0.689. The Hall–Kier alpha value is -1.09. The van der Waals surface area contributed by atoms with Crippen molar-refractivity contribution in [2.75, 3.05) is 0 Å². The second-order valence-corrected chi connectivity index (χ2v) is 3.55. The van der Waals surface area contributed by atoms with E-state index in [9.17, 15) is 9.90 Å². The number of rotatable bonds is 4. The molecule has 1 aliphatic carbocycles. The van der Waals surface area contributed by atoms with Gasteiger partial charge in [0.05, 0.1) is 5.60 Å². The molecule has 0 heterocycles. The van der Waals surface area contributed by atoms with Crippen LogP contribution in [0.3, 0.4) is 0 Å². The number of carbonyl (C=O) groups is 1. The molecule has 1 unspecified atom stereocenters. The first-order chi connectivity index (χ1) is 6.02. The van der Waals surface area contributed by atoms with E-state index >= 15 is 0 Å². The summed E-state index contributed by atoms with van der Waals surface area (Å²) in [6, 6.07) is 0. The van der Waals surface area contributed by atoms with E-state index in [0.717, 1.165) is 0 Å². The van der Waals surface area contributed by atoms with Crippen molar-refractivity contribution in [3.05, 3.63) is 24.3 Å². The van der Waals surface area contributed by atoms with Crippen molar-refractivity contribution in [2.45, 2.75) is 25.4 Å². The van der Waals surface area contributed by atoms with Gasteiger partial charge < -0.3 is 10.2 Å². The smallest absolute Gasteiger partial charge is 0.303 e. The minimum Gasteiger partial charge on any atom is -0.481 e. The Labute approximate surface area is 77.4 Å². The van der Waals surface area contributed by atoms with Gasteiger partial charge in [0.25, 0.3) is 0 Å². The first-order valence-electron chi connectivity index (χ1n) is 4.31. The molecule has 1 aliphatic rings. The highest BCUT2D eigenvalue weighted by Crippen LogP contribution is 2.27. The summed E-state index contributed by atoms with van der Waals surface area (Å²) in [7, 11) is 0. The molecule has 0 saturated heterocycles. The zero-order chi connectivity index (χ0) is 9.90. The highest BCUT2D eigenvalue weighted by atomic mass is 16.4. The molecular formula is C10H14O3. The van der Waals surface area contributed by atoms with Gasteiger partial charge in [-0.1, -0.05) is 24.3 Å². The maximum atomic E-state index is 10.3. The molecule has 3 nitrogen and oxygen atoms in total. The third kappa shape index (κ3) is 2.70. The van der Waals surface area contributed by atoms with Crippen LogP contribution in [0.2, 0.25) is 0 Å². The first kappa shape index (κ1) is 9.99. The third-order valence-electron chi connectivity index (χ3n) is 2.31. The fourth-order valence-corrected chi connectivity index (χ4v) is 1.37. The van der Waals surface area contributed by atoms with Gasteiger partial charge in [0.2, 0.25) is 0 Å². The summed E-state index contributed by atoms with van der Waals surface area (Å²) in [5, 5.41) is 18.4. The molecule has 1 rings (SSSR count). The zero-order valence-corrected chi connectivity index (χ0v) is 7.60. The first-order valence-corrected chi connectivity index (χ1v) is 4.31. The van der Waals surface area contributed by atoms with E-state index in [-0.39, 0.29) is 18.8 Å². The van der Waals surface area contributed by atoms with Gasteiger partial charge in [-0.2, -0.15) is 0 Å². The number of aliphatic hydroxyl groups is 1. The van der Waals surface area contributed by atoms with Crippen LogP contribution >= 0.6 is 0 Å². The molecule has 0 aliphatic heterocycles. The van der Waals surface area contributed by atoms with Crippen LogP contribution in [0.15, 0.2) is 24.3 Å². The van der Waals surface area contributed by atoms with E-state index in [4.69, 9.17) is 5.11 Å². The van der Waals surface area contributed by atoms with Gasteiger partial charge in [-0.15, -0.1) is 0 Å². The topological polar surface area (TPSA) is 57.5 Å². The third-order valence-corrected chi connectivity index (χ3v) is 2.31. The predicted octanol–water partition coefficient (Wildman–Crippen LogP) is 1.34. The van der Waals surface area contributed by atoms with E-state index in [1.807, 2.05) is 24.3 Å². The molecule has 0 aromatic heterocycles. The molecule has 0 spiro atoms. The Balaban J connectivity index is 2.49. The minimum atomic E-state index is -0.943. The second-order valence-electron chi connectivity index (χ2n) is 3.55. The van der Waals surface area contributed by atoms with E-state index in [2.05, 4.69) is 0 Å². The van der Waals surface area contributed by atoms with Crippen molar-refractivity contribution in [2.24, 2.45) is 5.92 Å². The Morgan fingerprint density at radius 1 is 1.46 bits per heavy atom. The van der Waals surface area contributed by atoms with Crippen molar-refractivity contribution >= 4 is 5.97 Å². The normalized spacial score (nSPS) is 20.5. The molecule has 0 amide bonds. The van der Waals surface area contributed by atoms with E-state index < -0.39 is 11.6 Å². The Kier molecular flexibility index (Phi) is 2.88. The van der Waals surface area contributed by atoms with Gasteiger partial charge in [-0.3, -0.25) is 4.79 Å². The predicted molar refractivity (Wildman–Crippen MR) is 49.3 cm³/mol. The van der Waals surface area contributed by atoms with Gasteiger partial charge in [-0.25, -0.2) is 0 Å². The summed E-state index contributed by atoms with van der Waals surface area (Å²) in [4.78, 5) is 10.3. The number of carboxylic acid groups (broad SMARTS) is 1. The van der Waals surface area contributed by atoms with Crippen LogP contribution in [-0.2, 0) is 4.79 Å². The van der Waals surface area contributed by atoms with Crippen molar-refractivity contribution < 1.29 is 15.0 Å². The van der Waals surface area contributed by atoms with Crippen molar-refractivity contribution in [1.29, 1.82) is 0 Å². The maximum absolute atomic E-state index is 10.3. The molecule has 3 heteroatoms. The van der Waals surface area contributed by atoms with Crippen LogP contribution in [0.4, 0.5) is 0 Å². The van der Waals surface area contributed by atoms with E-state index in [0.29, 0.717) is 0 Å². The van der Waals surface area contributed by atoms with Crippen LogP contribution in [0.1, 0.15) is 19.8 Å². The van der Waals surface area contributed by atoms with Crippen LogP contribution in [0, 0.1) is 5.92 Å². The van der Waals surface area contributed by atoms with E-state index in [1.54, 1.807) is 6.92 Å². The van der Waals surface area contributed by atoms with Gasteiger partial charge in [0.1, 0.15) is 0 Å². The zero-order valence-electron chi connectivity index (χ0n) is 7.60. The minimum absolute atomic E-state index is 0.00514. The molecule has 0 aromatic carbocycles. The fourth-order valence-electron chi connectivity index (χ4n) is 1.37. The molecule has 1 atom stereocenters. The Bertz CT molecular complexity index is 239. The molecule has 0 bridgehead atoms. The molecule has 0 radical (unpaired) electrons. The van der Waals surface area contributed by atoms with Gasteiger partial charge in [-0.05, 0) is 13.3 Å². The van der Waals surface area contributed by atoms with Gasteiger partial charge >= 0.3 is 5.97 Å². The second kappa shape index (κ2) is 3.75. The van der Waals surface area contributed by atoms with Crippen LogP contribution < -0.4 is 0 Å². The fraction of sp³-hybridized carbons (Fsp3) is 0.500. The summed E-state index contributed by atoms with van der Waals surface area (Å²) < 4.78 is 0. The summed E-state index contributed by atoms with van der Waals surface area (Å²) in [5.41, 5.74) is -0.943. The highest BCUT2D eigenvalue weighted by molar-refractivity contribution is 5.66. The standard InChI is InChI=1S/C10H14O3/c1-10(13,7-6-9(11)12)8-4-2-3-5-8/h2-5,8,13H,6-7H2,1H3,(H,11,12). The lowest BCUT2D eigenvalue weighted by Gasteiger charge is -2.27. The van der Waals surface area contributed by atoms with Gasteiger partial charge in [0.15, 0.2) is 0 Å². The Morgan fingerprint density at radius 2 is 2.00 bits per heavy atom. The molecule has 72 valence electrons. The molecule has 0 fully saturated rings. The van der Waals surface area contributed by atoms with Crippen molar-refractivity contribution in [3.63, 3.8) is 0 Å². The Morgan fingerprint density at radius 3 is 2.46 bits per heavy atom. The lowest BCUT2D eigenvalue weighted by Crippen LogP contribution is -2.32. The average molecular weight is 182 g/mol. The average Bonchev–Trinajstić information content (AvgIpc) is 2.53. The molecule has 0 saturated carbocycles. The largest absolute Gasteiger partial charge is 0.481 e. The molecular weight excluding hydrogens is 168 g/mol. The lowest BCUT2D eigenvalue weighted by molar-refractivity contribution is -0.138. The number of allylic oxidation sites excluding steroid dienone is 2. The number of hydrogen-bond acceptors (Lipinski definition) is 2. The van der Waals surface area contributed by atoms with Crippen LogP contribution in [0.25, 0.3) is 0 Å². The van der Waals surface area contributed by atoms with Crippen LogP contribution in [0.5, 0.6) is 0 Å². The van der Waals surface area contributed by atoms with Gasteiger partial charge in [0, 0.05) is 12.3 Å². The molecule has 2 N–H and O–H groups in total. The summed E-state index contributed by atoms with van der Waals surface area (Å²) in [6.45, 7) is 1.67. The van der Waals surface area contributed by atoms with Crippen LogP contribution in [-0.4, -0.2) is 21.8 Å². The SMILES string of the molecule is CC(O)(CCC(=O)O)C1C=CC=C1. The number of hydrogen-bond donors (Lipinski definition) is 2. The number of aliphatic carboxylic acids is 1. The van der Waals surface area contributed by atoms with Crippen molar-refractivity contribution in [3.8, 4) is 0 Å². The maximum Gasteiger partial charge on any atom is 0.303 e. The number of carboxylic acids is 1. The molecule has 13 heavy (non-hydrogen) atoms. The highest BCUT2D eigenvalue weighted by Gasteiger charge is 2.29. The monoisotopic (exact) mass is 182 g/mol. The van der Waals surface area contributed by atoms with Crippen molar-refractivity contribution in [1.82, 2.24) is 0 Å². The molecule has 0 aromatic rings. The lowest BCUT2D eigenvalue weighted by atomic mass is 9.86. The summed E-state index contributed by atoms with van der Waals surface area (Å²) in [6.07, 6.45) is 7.76.